The molecule has 2 aromatic rings. The summed E-state index contributed by atoms with van der Waals surface area (Å²) in [6.45, 7) is 0. The van der Waals surface area contributed by atoms with Gasteiger partial charge in [-0.05, 0) is 37.0 Å². The third-order valence-corrected chi connectivity index (χ3v) is 3.93. The van der Waals surface area contributed by atoms with Crippen LogP contribution in [0.5, 0.6) is 0 Å². The van der Waals surface area contributed by atoms with E-state index in [0.717, 1.165) is 30.2 Å². The number of halogens is 2. The van der Waals surface area contributed by atoms with E-state index in [9.17, 15) is 13.9 Å². The van der Waals surface area contributed by atoms with Gasteiger partial charge in [0, 0.05) is 23.4 Å². The van der Waals surface area contributed by atoms with Crippen LogP contribution in [0.15, 0.2) is 36.5 Å². The van der Waals surface area contributed by atoms with Gasteiger partial charge >= 0.3 is 0 Å². The molecule has 0 amide bonds. The van der Waals surface area contributed by atoms with Crippen molar-refractivity contribution in [2.75, 3.05) is 0 Å². The van der Waals surface area contributed by atoms with Crippen molar-refractivity contribution < 1.29 is 13.9 Å². The van der Waals surface area contributed by atoms with Gasteiger partial charge < -0.3 is 5.11 Å². The van der Waals surface area contributed by atoms with Crippen LogP contribution in [-0.2, 0) is 6.42 Å². The summed E-state index contributed by atoms with van der Waals surface area (Å²) in [5, 5.41) is 10.5. The van der Waals surface area contributed by atoms with Crippen LogP contribution in [0.3, 0.4) is 0 Å². The summed E-state index contributed by atoms with van der Waals surface area (Å²) in [5.74, 6) is -2.16. The molecule has 2 atom stereocenters. The molecule has 0 bridgehead atoms. The van der Waals surface area contributed by atoms with E-state index in [1.165, 1.54) is 6.07 Å². The summed E-state index contributed by atoms with van der Waals surface area (Å²) >= 11 is 0. The summed E-state index contributed by atoms with van der Waals surface area (Å²) in [6, 6.07) is 7.69. The molecule has 4 heteroatoms. The van der Waals surface area contributed by atoms with Crippen LogP contribution in [-0.4, -0.2) is 10.1 Å². The lowest BCUT2D eigenvalue weighted by Gasteiger charge is -2.22. The molecular weight excluding hydrogens is 260 g/mol. The molecule has 1 aliphatic carbocycles. The maximum absolute atomic E-state index is 14.0. The first kappa shape index (κ1) is 13.2. The zero-order chi connectivity index (χ0) is 14.1. The molecule has 0 aliphatic heterocycles. The van der Waals surface area contributed by atoms with Gasteiger partial charge in [-0.25, -0.2) is 8.78 Å². The summed E-state index contributed by atoms with van der Waals surface area (Å²) in [6.07, 6.45) is 2.99. The average molecular weight is 275 g/mol. The lowest BCUT2D eigenvalue weighted by atomic mass is 9.87. The third-order valence-electron chi connectivity index (χ3n) is 3.93. The van der Waals surface area contributed by atoms with Crippen molar-refractivity contribution in [3.8, 4) is 0 Å². The molecule has 0 fully saturated rings. The predicted octanol–water partition coefficient (Wildman–Crippen LogP) is 3.51. The summed E-state index contributed by atoms with van der Waals surface area (Å²) < 4.78 is 27.4. The molecule has 0 unspecified atom stereocenters. The highest BCUT2D eigenvalue weighted by molar-refractivity contribution is 5.31. The van der Waals surface area contributed by atoms with E-state index in [-0.39, 0.29) is 5.56 Å². The van der Waals surface area contributed by atoms with Crippen LogP contribution < -0.4 is 0 Å². The van der Waals surface area contributed by atoms with E-state index in [2.05, 4.69) is 4.98 Å². The summed E-state index contributed by atoms with van der Waals surface area (Å²) in [4.78, 5) is 4.27. The fourth-order valence-corrected chi connectivity index (χ4v) is 2.93. The van der Waals surface area contributed by atoms with E-state index in [1.54, 1.807) is 18.3 Å². The van der Waals surface area contributed by atoms with Crippen LogP contribution in [0.1, 0.15) is 41.7 Å². The molecule has 104 valence electrons. The van der Waals surface area contributed by atoms with Gasteiger partial charge in [0.1, 0.15) is 0 Å². The van der Waals surface area contributed by atoms with Gasteiger partial charge in [0.2, 0.25) is 0 Å². The maximum Gasteiger partial charge on any atom is 0.162 e. The molecule has 0 saturated carbocycles. The lowest BCUT2D eigenvalue weighted by Crippen LogP contribution is -2.13. The van der Waals surface area contributed by atoms with Gasteiger partial charge in [0.05, 0.1) is 6.10 Å². The lowest BCUT2D eigenvalue weighted by molar-refractivity contribution is 0.140. The Kier molecular flexibility index (Phi) is 3.49. The highest BCUT2D eigenvalue weighted by Gasteiger charge is 2.30. The van der Waals surface area contributed by atoms with E-state index >= 15 is 0 Å². The second-order valence-corrected chi connectivity index (χ2v) is 5.13. The zero-order valence-corrected chi connectivity index (χ0v) is 10.9. The normalized spacial score (nSPS) is 22.1. The number of aliphatic hydroxyl groups is 1. The van der Waals surface area contributed by atoms with Gasteiger partial charge in [-0.3, -0.25) is 4.98 Å². The van der Waals surface area contributed by atoms with Gasteiger partial charge in [0.25, 0.3) is 0 Å². The van der Waals surface area contributed by atoms with Gasteiger partial charge in [-0.2, -0.15) is 0 Å². The molecule has 0 spiro atoms. The maximum atomic E-state index is 14.0. The zero-order valence-electron chi connectivity index (χ0n) is 10.9. The number of benzene rings is 1. The highest BCUT2D eigenvalue weighted by atomic mass is 19.2. The number of aliphatic hydroxyl groups excluding tert-OH is 1. The Balaban J connectivity index is 2.05. The molecule has 1 aromatic carbocycles. The molecule has 0 radical (unpaired) electrons. The van der Waals surface area contributed by atoms with Gasteiger partial charge in [0.15, 0.2) is 11.6 Å². The largest absolute Gasteiger partial charge is 0.388 e. The highest BCUT2D eigenvalue weighted by Crippen LogP contribution is 2.40. The first-order valence-corrected chi connectivity index (χ1v) is 6.74. The summed E-state index contributed by atoms with van der Waals surface area (Å²) in [5.41, 5.74) is 1.81. The minimum atomic E-state index is -0.870. The van der Waals surface area contributed by atoms with Crippen molar-refractivity contribution in [1.29, 1.82) is 0 Å². The average Bonchev–Trinajstić information content (AvgIpc) is 2.62. The number of aryl methyl sites for hydroxylation is 1. The quantitative estimate of drug-likeness (QED) is 0.808. The van der Waals surface area contributed by atoms with Crippen molar-refractivity contribution >= 4 is 0 Å². The minimum Gasteiger partial charge on any atom is -0.388 e. The molecule has 1 N–H and O–H groups in total. The van der Waals surface area contributed by atoms with Crippen LogP contribution in [0.25, 0.3) is 0 Å². The topological polar surface area (TPSA) is 33.1 Å². The summed E-state index contributed by atoms with van der Waals surface area (Å²) in [7, 11) is 0. The smallest absolute Gasteiger partial charge is 0.162 e. The van der Waals surface area contributed by atoms with Crippen LogP contribution in [0, 0.1) is 11.6 Å². The Morgan fingerprint density at radius 2 is 1.90 bits per heavy atom. The Hall–Kier alpha value is -1.81. The van der Waals surface area contributed by atoms with Crippen molar-refractivity contribution in [1.82, 2.24) is 4.98 Å². The van der Waals surface area contributed by atoms with Crippen LogP contribution in [0.2, 0.25) is 0 Å². The number of hydrogen-bond acceptors (Lipinski definition) is 2. The molecule has 20 heavy (non-hydrogen) atoms. The second-order valence-electron chi connectivity index (χ2n) is 5.13. The van der Waals surface area contributed by atoms with E-state index in [4.69, 9.17) is 0 Å². The van der Waals surface area contributed by atoms with Gasteiger partial charge in [-0.1, -0.05) is 18.2 Å². The van der Waals surface area contributed by atoms with Crippen molar-refractivity contribution in [3.63, 3.8) is 0 Å². The number of rotatable bonds is 1. The van der Waals surface area contributed by atoms with Crippen molar-refractivity contribution in [3.05, 3.63) is 65.0 Å². The Bertz CT molecular complexity index is 630. The predicted molar refractivity (Wildman–Crippen MR) is 71.2 cm³/mol. The number of pyridine rings is 1. The fraction of sp³-hybridized carbons (Fsp3) is 0.312. The standard InChI is InChI=1S/C16H15F2NO/c17-13-7-1-4-10(15(13)18)11-5-2-8-14-12(16(11)20)6-3-9-19-14/h1,3-4,6-7,9,11,16,20H,2,5,8H2/t11-,16+/m1/s1. The molecule has 0 saturated heterocycles. The van der Waals surface area contributed by atoms with Crippen molar-refractivity contribution in [2.24, 2.45) is 0 Å². The Morgan fingerprint density at radius 3 is 2.75 bits per heavy atom. The Labute approximate surface area is 116 Å². The molecule has 1 aliphatic rings. The number of fused-ring (bicyclic) bond motifs is 1. The first-order chi connectivity index (χ1) is 9.68. The van der Waals surface area contributed by atoms with Crippen LogP contribution in [0.4, 0.5) is 8.78 Å². The molecular formula is C16H15F2NO. The minimum absolute atomic E-state index is 0.245. The monoisotopic (exact) mass is 275 g/mol. The number of hydrogen-bond donors (Lipinski definition) is 1. The number of aromatic nitrogens is 1. The van der Waals surface area contributed by atoms with Crippen molar-refractivity contribution in [2.45, 2.75) is 31.3 Å². The molecule has 3 rings (SSSR count). The third kappa shape index (κ3) is 2.20. The number of nitrogens with zero attached hydrogens (tertiary/aromatic N) is 1. The SMILES string of the molecule is O[C@@H]1c2cccnc2CCC[C@@H]1c1cccc(F)c1F. The van der Waals surface area contributed by atoms with Crippen LogP contribution >= 0.6 is 0 Å². The molecule has 1 aromatic heterocycles. The molecule has 2 nitrogen and oxygen atoms in total. The molecule has 1 heterocycles. The van der Waals surface area contributed by atoms with Gasteiger partial charge in [-0.15, -0.1) is 0 Å². The van der Waals surface area contributed by atoms with E-state index in [1.807, 2.05) is 6.07 Å². The fourth-order valence-electron chi connectivity index (χ4n) is 2.93. The first-order valence-electron chi connectivity index (χ1n) is 6.74. The van der Waals surface area contributed by atoms with E-state index in [0.29, 0.717) is 6.42 Å². The Morgan fingerprint density at radius 1 is 1.10 bits per heavy atom. The second kappa shape index (κ2) is 5.29. The van der Waals surface area contributed by atoms with E-state index < -0.39 is 23.7 Å².